The summed E-state index contributed by atoms with van der Waals surface area (Å²) in [6, 6.07) is -1.52. The summed E-state index contributed by atoms with van der Waals surface area (Å²) in [7, 11) is -4.72. The number of hydrogen-bond acceptors (Lipinski definition) is 9. The molecule has 0 aromatic carbocycles. The lowest BCUT2D eigenvalue weighted by Crippen LogP contribution is -2.34. The molecule has 12 heteroatoms. The van der Waals surface area contributed by atoms with Gasteiger partial charge in [-0.15, -0.1) is 0 Å². The predicted octanol–water partition coefficient (Wildman–Crippen LogP) is 13.4. The SMILES string of the molecule is CCCCCCCC/C=C/CCCCCCCCCCCC(=O)OC[C@H](COP(=O)(O)OC[C@H](N)C(=O)O)OC(=O)CCCCCCCCC/C=C/CCCCCCCC. The van der Waals surface area contributed by atoms with Crippen LogP contribution in [0.4, 0.5) is 0 Å². The summed E-state index contributed by atoms with van der Waals surface area (Å²) in [5.74, 6) is -2.37. The van der Waals surface area contributed by atoms with E-state index in [1.54, 1.807) is 0 Å². The van der Waals surface area contributed by atoms with E-state index in [0.717, 1.165) is 44.9 Å². The van der Waals surface area contributed by atoms with Crippen molar-refractivity contribution in [2.24, 2.45) is 5.73 Å². The fourth-order valence-corrected chi connectivity index (χ4v) is 7.60. The van der Waals surface area contributed by atoms with Gasteiger partial charge in [0.25, 0.3) is 0 Å². The quantitative estimate of drug-likeness (QED) is 0.0230. The highest BCUT2D eigenvalue weighted by molar-refractivity contribution is 7.47. The van der Waals surface area contributed by atoms with Gasteiger partial charge >= 0.3 is 25.7 Å². The Bertz CT molecular complexity index is 1120. The van der Waals surface area contributed by atoms with Crippen molar-refractivity contribution >= 4 is 25.7 Å². The van der Waals surface area contributed by atoms with E-state index in [2.05, 4.69) is 42.7 Å². The Kier molecular flexibility index (Phi) is 42.1. The van der Waals surface area contributed by atoms with E-state index in [9.17, 15) is 23.8 Å². The molecule has 0 spiro atoms. The monoisotopic (exact) mass is 872 g/mol. The van der Waals surface area contributed by atoms with Crippen molar-refractivity contribution in [3.8, 4) is 0 Å². The summed E-state index contributed by atoms with van der Waals surface area (Å²) in [6.07, 6.45) is 46.6. The molecule has 3 atom stereocenters. The number of carbonyl (C=O) groups excluding carboxylic acids is 2. The van der Waals surface area contributed by atoms with Crippen molar-refractivity contribution < 1.29 is 47.5 Å². The Morgan fingerprint density at radius 1 is 0.500 bits per heavy atom. The molecule has 0 radical (unpaired) electrons. The van der Waals surface area contributed by atoms with Crippen LogP contribution in [0.3, 0.4) is 0 Å². The molecule has 352 valence electrons. The number of carboxylic acid groups (broad SMARTS) is 1. The van der Waals surface area contributed by atoms with E-state index < -0.39 is 51.1 Å². The maximum absolute atomic E-state index is 12.7. The highest BCUT2D eigenvalue weighted by Crippen LogP contribution is 2.43. The van der Waals surface area contributed by atoms with Gasteiger partial charge in [0.15, 0.2) is 6.10 Å². The molecular formula is C48H90NO10P. The number of esters is 2. The molecule has 1 unspecified atom stereocenters. The summed E-state index contributed by atoms with van der Waals surface area (Å²) < 4.78 is 32.8. The Hall–Kier alpha value is -2.04. The van der Waals surface area contributed by atoms with Gasteiger partial charge in [0.2, 0.25) is 0 Å². The molecule has 60 heavy (non-hydrogen) atoms. The van der Waals surface area contributed by atoms with Crippen LogP contribution in [0.25, 0.3) is 0 Å². The summed E-state index contributed by atoms with van der Waals surface area (Å²) >= 11 is 0. The molecule has 4 N–H and O–H groups in total. The predicted molar refractivity (Wildman–Crippen MR) is 245 cm³/mol. The van der Waals surface area contributed by atoms with Gasteiger partial charge in [-0.3, -0.25) is 23.4 Å². The number of rotatable bonds is 46. The number of unbranched alkanes of at least 4 members (excludes halogenated alkanes) is 28. The average molecular weight is 872 g/mol. The Morgan fingerprint density at radius 3 is 1.22 bits per heavy atom. The van der Waals surface area contributed by atoms with E-state index in [1.807, 2.05) is 0 Å². The fraction of sp³-hybridized carbons (Fsp3) is 0.854. The topological polar surface area (TPSA) is 172 Å². The first-order valence-electron chi connectivity index (χ1n) is 24.4. The van der Waals surface area contributed by atoms with E-state index in [1.165, 1.54) is 148 Å². The smallest absolute Gasteiger partial charge is 0.472 e. The van der Waals surface area contributed by atoms with Crippen molar-refractivity contribution in [2.75, 3.05) is 19.8 Å². The molecule has 0 aromatic rings. The molecular weight excluding hydrogens is 781 g/mol. The van der Waals surface area contributed by atoms with Crippen LogP contribution >= 0.6 is 7.82 Å². The maximum Gasteiger partial charge on any atom is 0.472 e. The van der Waals surface area contributed by atoms with E-state index in [0.29, 0.717) is 12.8 Å². The zero-order valence-corrected chi connectivity index (χ0v) is 39.2. The lowest BCUT2D eigenvalue weighted by molar-refractivity contribution is -0.161. The van der Waals surface area contributed by atoms with Crippen LogP contribution in [-0.4, -0.2) is 59.9 Å². The van der Waals surface area contributed by atoms with Crippen molar-refractivity contribution in [1.82, 2.24) is 0 Å². The third-order valence-electron chi connectivity index (χ3n) is 10.7. The minimum atomic E-state index is -4.72. The normalized spacial score (nSPS) is 13.8. The van der Waals surface area contributed by atoms with Crippen molar-refractivity contribution in [3.05, 3.63) is 24.3 Å². The number of phosphoric acid groups is 1. The third-order valence-corrected chi connectivity index (χ3v) is 11.6. The molecule has 0 aliphatic rings. The summed E-state index contributed by atoms with van der Waals surface area (Å²) in [5.41, 5.74) is 5.35. The van der Waals surface area contributed by atoms with E-state index in [4.69, 9.17) is 24.8 Å². The number of nitrogens with two attached hydrogens (primary N) is 1. The second kappa shape index (κ2) is 43.6. The molecule has 0 aliphatic heterocycles. The zero-order valence-electron chi connectivity index (χ0n) is 38.3. The largest absolute Gasteiger partial charge is 0.480 e. The number of phosphoric ester groups is 1. The molecule has 0 fully saturated rings. The van der Waals surface area contributed by atoms with Crippen molar-refractivity contribution in [2.45, 2.75) is 244 Å². The number of carboxylic acids is 1. The summed E-state index contributed by atoms with van der Waals surface area (Å²) in [5, 5.41) is 8.91. The van der Waals surface area contributed by atoms with Gasteiger partial charge in [-0.2, -0.15) is 0 Å². The number of aliphatic carboxylic acids is 1. The third kappa shape index (κ3) is 42.6. The minimum Gasteiger partial charge on any atom is -0.480 e. The van der Waals surface area contributed by atoms with Crippen LogP contribution in [0, 0.1) is 0 Å². The van der Waals surface area contributed by atoms with Crippen LogP contribution in [0.5, 0.6) is 0 Å². The Balaban J connectivity index is 4.27. The van der Waals surface area contributed by atoms with Crippen LogP contribution < -0.4 is 5.73 Å². The molecule has 0 amide bonds. The number of allylic oxidation sites excluding steroid dienone is 4. The van der Waals surface area contributed by atoms with E-state index >= 15 is 0 Å². The molecule has 0 aromatic heterocycles. The van der Waals surface area contributed by atoms with Crippen LogP contribution in [0.15, 0.2) is 24.3 Å². The standard InChI is InChI=1S/C48H90NO10P/c1-3-5-7-9-11-13-15-17-19-21-22-24-25-27-29-31-33-35-37-39-46(50)56-41-44(42-57-60(54,55)58-43-45(49)48(52)53)59-47(51)40-38-36-34-32-30-28-26-23-20-18-16-14-12-10-8-6-4-2/h17-20,44-45H,3-16,21-43,49H2,1-2H3,(H,52,53)(H,54,55)/b19-17+,20-18+/t44-,45+/m1/s1. The van der Waals surface area contributed by atoms with Crippen LogP contribution in [0.1, 0.15) is 232 Å². The lowest BCUT2D eigenvalue weighted by atomic mass is 10.1. The molecule has 0 bridgehead atoms. The first kappa shape index (κ1) is 58.0. The Labute approximate surface area is 366 Å². The van der Waals surface area contributed by atoms with Crippen LogP contribution in [-0.2, 0) is 37.5 Å². The number of hydrogen-bond donors (Lipinski definition) is 3. The first-order valence-corrected chi connectivity index (χ1v) is 25.9. The maximum atomic E-state index is 12.7. The number of carbonyl (C=O) groups is 3. The second-order valence-electron chi connectivity index (χ2n) is 16.6. The second-order valence-corrected chi connectivity index (χ2v) is 18.0. The fourth-order valence-electron chi connectivity index (χ4n) is 6.82. The van der Waals surface area contributed by atoms with Gasteiger partial charge in [-0.25, -0.2) is 4.57 Å². The van der Waals surface area contributed by atoms with Crippen molar-refractivity contribution in [1.29, 1.82) is 0 Å². The van der Waals surface area contributed by atoms with Gasteiger partial charge in [0.05, 0.1) is 13.2 Å². The molecule has 0 rings (SSSR count). The minimum absolute atomic E-state index is 0.158. The first-order chi connectivity index (χ1) is 29.1. The average Bonchev–Trinajstić information content (AvgIpc) is 3.22. The molecule has 0 saturated carbocycles. The van der Waals surface area contributed by atoms with Gasteiger partial charge in [-0.05, 0) is 64.2 Å². The molecule has 0 heterocycles. The number of ether oxygens (including phenoxy) is 2. The summed E-state index contributed by atoms with van der Waals surface area (Å²) in [6.45, 7) is 2.82. The van der Waals surface area contributed by atoms with Gasteiger partial charge in [0, 0.05) is 12.8 Å². The van der Waals surface area contributed by atoms with Gasteiger partial charge in [0.1, 0.15) is 12.6 Å². The highest BCUT2D eigenvalue weighted by Gasteiger charge is 2.28. The molecule has 0 saturated heterocycles. The summed E-state index contributed by atoms with van der Waals surface area (Å²) in [4.78, 5) is 46.1. The lowest BCUT2D eigenvalue weighted by Gasteiger charge is -2.20. The van der Waals surface area contributed by atoms with E-state index in [-0.39, 0.29) is 19.4 Å². The van der Waals surface area contributed by atoms with Crippen molar-refractivity contribution in [3.63, 3.8) is 0 Å². The highest BCUT2D eigenvalue weighted by atomic mass is 31.2. The Morgan fingerprint density at radius 2 is 0.833 bits per heavy atom. The zero-order chi connectivity index (χ0) is 44.2. The van der Waals surface area contributed by atoms with Gasteiger partial charge < -0.3 is 25.2 Å². The van der Waals surface area contributed by atoms with Crippen LogP contribution in [0.2, 0.25) is 0 Å². The molecule has 11 nitrogen and oxygen atoms in total. The molecule has 0 aliphatic carbocycles. The van der Waals surface area contributed by atoms with Gasteiger partial charge in [-0.1, -0.05) is 179 Å².